The Morgan fingerprint density at radius 1 is 1.12 bits per heavy atom. The van der Waals surface area contributed by atoms with Gasteiger partial charge in [-0.3, -0.25) is 0 Å². The molecule has 0 saturated heterocycles. The summed E-state index contributed by atoms with van der Waals surface area (Å²) in [6, 6.07) is 17.3. The number of anilines is 1. The van der Waals surface area contributed by atoms with E-state index in [-0.39, 0.29) is 0 Å². The third-order valence-corrected chi connectivity index (χ3v) is 6.05. The highest BCUT2D eigenvalue weighted by Gasteiger charge is 2.24. The number of hydrogen-bond acceptors (Lipinski definition) is 3. The van der Waals surface area contributed by atoms with Gasteiger partial charge >= 0.3 is 0 Å². The monoisotopic (exact) mass is 363 g/mol. The molecular formula is C22H23N2OS+. The lowest BCUT2D eigenvalue weighted by Crippen LogP contribution is -2.36. The molecule has 132 valence electrons. The number of benzene rings is 2. The molecule has 0 fully saturated rings. The number of pyridine rings is 1. The highest BCUT2D eigenvalue weighted by atomic mass is 32.2. The van der Waals surface area contributed by atoms with Crippen LogP contribution < -0.4 is 14.2 Å². The van der Waals surface area contributed by atoms with Crippen molar-refractivity contribution in [3.05, 3.63) is 64.8 Å². The van der Waals surface area contributed by atoms with Crippen molar-refractivity contribution in [2.24, 2.45) is 0 Å². The first kappa shape index (κ1) is 17.0. The number of aryl methyl sites for hydroxylation is 2. The lowest BCUT2D eigenvalue weighted by Gasteiger charge is -2.14. The molecule has 2 heterocycles. The molecule has 0 atom stereocenters. The number of nitrogens with zero attached hydrogens (tertiary/aromatic N) is 2. The van der Waals surface area contributed by atoms with Crippen LogP contribution in [-0.2, 0) is 6.54 Å². The molecule has 1 aliphatic heterocycles. The van der Waals surface area contributed by atoms with Crippen LogP contribution in [0.15, 0.2) is 58.5 Å². The molecule has 2 aromatic carbocycles. The van der Waals surface area contributed by atoms with Crippen molar-refractivity contribution in [1.82, 2.24) is 0 Å². The first-order valence-corrected chi connectivity index (χ1v) is 9.67. The molecule has 0 unspecified atom stereocenters. The van der Waals surface area contributed by atoms with Crippen molar-refractivity contribution in [3.8, 4) is 5.75 Å². The fraction of sp³-hybridized carbons (Fsp3) is 0.227. The topological polar surface area (TPSA) is 16.4 Å². The maximum absolute atomic E-state index is 5.38. The molecule has 3 nitrogen and oxygen atoms in total. The van der Waals surface area contributed by atoms with E-state index in [4.69, 9.17) is 4.74 Å². The molecule has 4 heteroatoms. The molecule has 0 spiro atoms. The van der Waals surface area contributed by atoms with Crippen LogP contribution in [0.2, 0.25) is 0 Å². The zero-order valence-electron chi connectivity index (χ0n) is 15.6. The molecule has 26 heavy (non-hydrogen) atoms. The summed E-state index contributed by atoms with van der Waals surface area (Å²) in [5.41, 5.74) is 4.98. The van der Waals surface area contributed by atoms with Crippen molar-refractivity contribution in [2.75, 3.05) is 19.1 Å². The lowest BCUT2D eigenvalue weighted by atomic mass is 10.1. The highest BCUT2D eigenvalue weighted by molar-refractivity contribution is 8.03. The summed E-state index contributed by atoms with van der Waals surface area (Å²) in [4.78, 5) is 3.50. The average molecular weight is 364 g/mol. The SMILES string of the molecule is CC[n+]1c(C=C2Sc3ccc(OC)cc3N2C)ccc2cc(C)ccc21. The van der Waals surface area contributed by atoms with Gasteiger partial charge < -0.3 is 9.64 Å². The average Bonchev–Trinajstić information content (AvgIpc) is 2.96. The second-order valence-electron chi connectivity index (χ2n) is 6.54. The molecule has 1 aliphatic rings. The van der Waals surface area contributed by atoms with E-state index in [2.05, 4.69) is 78.9 Å². The van der Waals surface area contributed by atoms with E-state index in [9.17, 15) is 0 Å². The zero-order chi connectivity index (χ0) is 18.3. The summed E-state index contributed by atoms with van der Waals surface area (Å²) < 4.78 is 7.75. The summed E-state index contributed by atoms with van der Waals surface area (Å²) in [7, 11) is 3.83. The molecule has 3 aromatic rings. The van der Waals surface area contributed by atoms with Crippen LogP contribution in [0.1, 0.15) is 18.2 Å². The van der Waals surface area contributed by atoms with Gasteiger partial charge in [0, 0.05) is 41.6 Å². The van der Waals surface area contributed by atoms with Gasteiger partial charge in [0.2, 0.25) is 11.2 Å². The van der Waals surface area contributed by atoms with Gasteiger partial charge in [-0.2, -0.15) is 4.57 Å². The third kappa shape index (κ3) is 2.84. The first-order chi connectivity index (χ1) is 12.6. The predicted molar refractivity (Wildman–Crippen MR) is 110 cm³/mol. The quantitative estimate of drug-likeness (QED) is 0.609. The van der Waals surface area contributed by atoms with Crippen LogP contribution in [0.4, 0.5) is 5.69 Å². The van der Waals surface area contributed by atoms with E-state index in [1.165, 1.54) is 37.8 Å². The van der Waals surface area contributed by atoms with E-state index in [1.807, 2.05) is 6.07 Å². The molecule has 1 aromatic heterocycles. The Morgan fingerprint density at radius 3 is 2.73 bits per heavy atom. The lowest BCUT2D eigenvalue weighted by molar-refractivity contribution is -0.669. The minimum Gasteiger partial charge on any atom is -0.497 e. The largest absolute Gasteiger partial charge is 0.497 e. The second kappa shape index (κ2) is 6.69. The van der Waals surface area contributed by atoms with E-state index < -0.39 is 0 Å². The molecule has 0 amide bonds. The van der Waals surface area contributed by atoms with Crippen LogP contribution in [0, 0.1) is 6.92 Å². The summed E-state index contributed by atoms with van der Waals surface area (Å²) >= 11 is 1.80. The Balaban J connectivity index is 1.78. The minimum absolute atomic E-state index is 0.891. The minimum atomic E-state index is 0.891. The third-order valence-electron chi connectivity index (χ3n) is 4.88. The highest BCUT2D eigenvalue weighted by Crippen LogP contribution is 2.46. The van der Waals surface area contributed by atoms with Gasteiger partial charge in [0.15, 0.2) is 0 Å². The van der Waals surface area contributed by atoms with E-state index in [0.717, 1.165) is 12.3 Å². The van der Waals surface area contributed by atoms with Gasteiger partial charge in [-0.05, 0) is 38.1 Å². The maximum atomic E-state index is 5.38. The maximum Gasteiger partial charge on any atom is 0.212 e. The number of aromatic nitrogens is 1. The number of hydrogen-bond donors (Lipinski definition) is 0. The van der Waals surface area contributed by atoms with Crippen molar-refractivity contribution < 1.29 is 9.30 Å². The molecule has 0 N–H and O–H groups in total. The number of thioether (sulfide) groups is 1. The smallest absolute Gasteiger partial charge is 0.212 e. The predicted octanol–water partition coefficient (Wildman–Crippen LogP) is 5.00. The van der Waals surface area contributed by atoms with Gasteiger partial charge in [0.1, 0.15) is 12.3 Å². The van der Waals surface area contributed by atoms with Gasteiger partial charge in [-0.15, -0.1) is 0 Å². The summed E-state index contributed by atoms with van der Waals surface area (Å²) in [5.74, 6) is 0.891. The number of rotatable bonds is 3. The van der Waals surface area contributed by atoms with Gasteiger partial charge in [0.25, 0.3) is 0 Å². The Kier molecular flexibility index (Phi) is 4.37. The van der Waals surface area contributed by atoms with Crippen molar-refractivity contribution in [3.63, 3.8) is 0 Å². The van der Waals surface area contributed by atoms with Crippen LogP contribution in [0.3, 0.4) is 0 Å². The van der Waals surface area contributed by atoms with E-state index in [0.29, 0.717) is 0 Å². The standard InChI is InChI=1S/C22H23N2OS/c1-5-24-17(8-7-16-12-15(2)6-10-19(16)24)13-22-23(3)20-14-18(25-4)9-11-21(20)26-22/h6-14H,5H2,1-4H3/q+1. The molecule has 4 rings (SSSR count). The number of methoxy groups -OCH3 is 1. The fourth-order valence-corrected chi connectivity index (χ4v) is 4.54. The first-order valence-electron chi connectivity index (χ1n) is 8.85. The van der Waals surface area contributed by atoms with Crippen LogP contribution in [0.5, 0.6) is 5.75 Å². The Bertz CT molecular complexity index is 1030. The van der Waals surface area contributed by atoms with Crippen molar-refractivity contribution in [2.45, 2.75) is 25.3 Å². The van der Waals surface area contributed by atoms with Gasteiger partial charge in [-0.25, -0.2) is 0 Å². The summed E-state index contributed by atoms with van der Waals surface area (Å²) in [5, 5.41) is 2.51. The Hall–Kier alpha value is -2.46. The number of fused-ring (bicyclic) bond motifs is 2. The van der Waals surface area contributed by atoms with E-state index in [1.54, 1.807) is 18.9 Å². The van der Waals surface area contributed by atoms with Crippen LogP contribution in [0.25, 0.3) is 17.0 Å². The van der Waals surface area contributed by atoms with Gasteiger partial charge in [-0.1, -0.05) is 23.4 Å². The molecular weight excluding hydrogens is 340 g/mol. The van der Waals surface area contributed by atoms with Gasteiger partial charge in [0.05, 0.1) is 17.8 Å². The van der Waals surface area contributed by atoms with Crippen molar-refractivity contribution >= 4 is 34.4 Å². The Labute approximate surface area is 158 Å². The van der Waals surface area contributed by atoms with Crippen LogP contribution >= 0.6 is 11.8 Å². The summed E-state index contributed by atoms with van der Waals surface area (Å²) in [6.07, 6.45) is 2.28. The Morgan fingerprint density at radius 2 is 1.96 bits per heavy atom. The van der Waals surface area contributed by atoms with E-state index >= 15 is 0 Å². The van der Waals surface area contributed by atoms with Crippen LogP contribution in [-0.4, -0.2) is 14.2 Å². The molecule has 0 radical (unpaired) electrons. The fourth-order valence-electron chi connectivity index (χ4n) is 3.46. The summed E-state index contributed by atoms with van der Waals surface area (Å²) in [6.45, 7) is 5.28. The molecule has 0 aliphatic carbocycles. The zero-order valence-corrected chi connectivity index (χ0v) is 16.4. The normalized spacial score (nSPS) is 14.9. The van der Waals surface area contributed by atoms with Crippen molar-refractivity contribution in [1.29, 1.82) is 0 Å². The molecule has 0 saturated carbocycles. The number of ether oxygens (including phenoxy) is 1. The molecule has 0 bridgehead atoms. The second-order valence-corrected chi connectivity index (χ2v) is 7.60.